The lowest BCUT2D eigenvalue weighted by atomic mass is 10.1. The minimum atomic E-state index is 0.451. The smallest absolute Gasteiger partial charge is 0.248 e. The molecule has 6 nitrogen and oxygen atoms in total. The van der Waals surface area contributed by atoms with E-state index in [0.29, 0.717) is 11.8 Å². The third-order valence-corrected chi connectivity index (χ3v) is 3.02. The topological polar surface area (TPSA) is 79.4 Å². The Kier molecular flexibility index (Phi) is 3.59. The van der Waals surface area contributed by atoms with Gasteiger partial charge in [0.25, 0.3) is 0 Å². The van der Waals surface area contributed by atoms with Gasteiger partial charge in [-0.15, -0.1) is 5.10 Å². The van der Waals surface area contributed by atoms with Crippen molar-refractivity contribution in [2.24, 2.45) is 0 Å². The molecule has 0 unspecified atom stereocenters. The summed E-state index contributed by atoms with van der Waals surface area (Å²) in [4.78, 5) is 4.46. The van der Waals surface area contributed by atoms with Gasteiger partial charge in [-0.25, -0.2) is 4.98 Å². The molecule has 2 heterocycles. The van der Waals surface area contributed by atoms with E-state index in [1.54, 1.807) is 6.20 Å². The van der Waals surface area contributed by atoms with Gasteiger partial charge in [0.05, 0.1) is 11.9 Å². The maximum atomic E-state index is 4.46. The Balaban J connectivity index is 1.76. The first-order valence-corrected chi connectivity index (χ1v) is 6.72. The van der Waals surface area contributed by atoms with Gasteiger partial charge in [0.1, 0.15) is 0 Å². The number of nitrogens with zero attached hydrogens (tertiary/aromatic N) is 4. The van der Waals surface area contributed by atoms with Crippen molar-refractivity contribution in [3.05, 3.63) is 59.0 Å². The zero-order valence-electron chi connectivity index (χ0n) is 12.0. The third kappa shape index (κ3) is 3.42. The predicted molar refractivity (Wildman–Crippen MR) is 80.4 cm³/mol. The highest BCUT2D eigenvalue weighted by molar-refractivity contribution is 5.47. The van der Waals surface area contributed by atoms with E-state index in [9.17, 15) is 0 Å². The van der Waals surface area contributed by atoms with Gasteiger partial charge in [-0.2, -0.15) is 10.2 Å². The van der Waals surface area contributed by atoms with E-state index in [0.717, 1.165) is 17.8 Å². The molecule has 0 saturated carbocycles. The number of hydrogen-bond donors (Lipinski definition) is 2. The number of H-pyrrole nitrogens is 1. The van der Waals surface area contributed by atoms with Crippen LogP contribution >= 0.6 is 0 Å². The van der Waals surface area contributed by atoms with Gasteiger partial charge in [0, 0.05) is 18.2 Å². The second kappa shape index (κ2) is 5.70. The van der Waals surface area contributed by atoms with Gasteiger partial charge in [-0.3, -0.25) is 5.10 Å². The fourth-order valence-electron chi connectivity index (χ4n) is 2.10. The molecule has 0 radical (unpaired) electrons. The molecule has 6 heteroatoms. The molecule has 0 bridgehead atoms. The van der Waals surface area contributed by atoms with Crippen molar-refractivity contribution < 1.29 is 0 Å². The number of hydrogen-bond acceptors (Lipinski definition) is 5. The molecule has 2 aromatic heterocycles. The Morgan fingerprint density at radius 3 is 2.86 bits per heavy atom. The van der Waals surface area contributed by atoms with Crippen molar-refractivity contribution in [1.29, 1.82) is 0 Å². The summed E-state index contributed by atoms with van der Waals surface area (Å²) < 4.78 is 0. The van der Waals surface area contributed by atoms with Crippen LogP contribution in [-0.2, 0) is 6.42 Å². The SMILES string of the molecule is Cc1cccc(Cc2cnnc(Nc3cc(C)[nH]n3)n2)c1. The van der Waals surface area contributed by atoms with E-state index in [-0.39, 0.29) is 0 Å². The highest BCUT2D eigenvalue weighted by Gasteiger charge is 2.04. The molecule has 0 aliphatic rings. The lowest BCUT2D eigenvalue weighted by molar-refractivity contribution is 0.917. The summed E-state index contributed by atoms with van der Waals surface area (Å²) in [6, 6.07) is 10.2. The lowest BCUT2D eigenvalue weighted by Gasteiger charge is -2.04. The molecule has 0 aliphatic heterocycles. The van der Waals surface area contributed by atoms with Crippen LogP contribution in [0.15, 0.2) is 36.5 Å². The summed E-state index contributed by atoms with van der Waals surface area (Å²) >= 11 is 0. The zero-order chi connectivity index (χ0) is 14.7. The van der Waals surface area contributed by atoms with Crippen molar-refractivity contribution in [2.75, 3.05) is 5.32 Å². The van der Waals surface area contributed by atoms with Crippen molar-refractivity contribution in [2.45, 2.75) is 20.3 Å². The zero-order valence-corrected chi connectivity index (χ0v) is 12.0. The molecule has 2 N–H and O–H groups in total. The van der Waals surface area contributed by atoms with Gasteiger partial charge in [0.15, 0.2) is 5.82 Å². The van der Waals surface area contributed by atoms with Crippen LogP contribution in [0.1, 0.15) is 22.5 Å². The average Bonchev–Trinajstić information content (AvgIpc) is 2.84. The molecule has 0 spiro atoms. The first-order chi connectivity index (χ1) is 10.2. The lowest BCUT2D eigenvalue weighted by Crippen LogP contribution is -2.03. The predicted octanol–water partition coefficient (Wildman–Crippen LogP) is 2.55. The standard InChI is InChI=1S/C15H16N6/c1-10-4-3-5-12(6-10)8-13-9-16-21-15(17-13)18-14-7-11(2)19-20-14/h3-7,9H,8H2,1-2H3,(H2,17,18,19,20,21). The fourth-order valence-corrected chi connectivity index (χ4v) is 2.10. The van der Waals surface area contributed by atoms with Crippen molar-refractivity contribution in [3.63, 3.8) is 0 Å². The summed E-state index contributed by atoms with van der Waals surface area (Å²) in [6.07, 6.45) is 2.41. The fraction of sp³-hybridized carbons (Fsp3) is 0.200. The Labute approximate surface area is 122 Å². The number of aryl methyl sites for hydroxylation is 2. The number of anilines is 2. The molecule has 0 saturated heterocycles. The second-order valence-corrected chi connectivity index (χ2v) is 5.00. The maximum absolute atomic E-state index is 4.46. The van der Waals surface area contributed by atoms with Crippen LogP contribution in [0.3, 0.4) is 0 Å². The van der Waals surface area contributed by atoms with Crippen LogP contribution < -0.4 is 5.32 Å². The second-order valence-electron chi connectivity index (χ2n) is 5.00. The molecule has 3 aromatic rings. The molecular weight excluding hydrogens is 264 g/mol. The first-order valence-electron chi connectivity index (χ1n) is 6.72. The molecule has 1 aromatic carbocycles. The van der Waals surface area contributed by atoms with E-state index in [4.69, 9.17) is 0 Å². The summed E-state index contributed by atoms with van der Waals surface area (Å²) in [7, 11) is 0. The summed E-state index contributed by atoms with van der Waals surface area (Å²) in [5.41, 5.74) is 4.28. The van der Waals surface area contributed by atoms with Crippen molar-refractivity contribution >= 4 is 11.8 Å². The molecule has 3 rings (SSSR count). The van der Waals surface area contributed by atoms with Crippen molar-refractivity contribution in [3.8, 4) is 0 Å². The largest absolute Gasteiger partial charge is 0.306 e. The Morgan fingerprint density at radius 2 is 2.10 bits per heavy atom. The van der Waals surface area contributed by atoms with E-state index in [1.807, 2.05) is 19.1 Å². The summed E-state index contributed by atoms with van der Waals surface area (Å²) in [5, 5.41) is 18.0. The molecule has 106 valence electrons. The van der Waals surface area contributed by atoms with E-state index >= 15 is 0 Å². The monoisotopic (exact) mass is 280 g/mol. The van der Waals surface area contributed by atoms with Crippen LogP contribution in [0.25, 0.3) is 0 Å². The third-order valence-electron chi connectivity index (χ3n) is 3.02. The maximum Gasteiger partial charge on any atom is 0.248 e. The summed E-state index contributed by atoms with van der Waals surface area (Å²) in [5.74, 6) is 1.13. The van der Waals surface area contributed by atoms with Gasteiger partial charge in [-0.1, -0.05) is 29.8 Å². The van der Waals surface area contributed by atoms with Gasteiger partial charge >= 0.3 is 0 Å². The normalized spacial score (nSPS) is 10.6. The molecule has 0 amide bonds. The van der Waals surface area contributed by atoms with Crippen molar-refractivity contribution in [1.82, 2.24) is 25.4 Å². The summed E-state index contributed by atoms with van der Waals surface area (Å²) in [6.45, 7) is 4.01. The Bertz CT molecular complexity index is 749. The molecule has 0 aliphatic carbocycles. The quantitative estimate of drug-likeness (QED) is 0.767. The van der Waals surface area contributed by atoms with Crippen LogP contribution in [0.2, 0.25) is 0 Å². The minimum Gasteiger partial charge on any atom is -0.306 e. The number of benzene rings is 1. The molecule has 21 heavy (non-hydrogen) atoms. The van der Waals surface area contributed by atoms with Gasteiger partial charge in [0.2, 0.25) is 5.95 Å². The van der Waals surface area contributed by atoms with E-state index < -0.39 is 0 Å². The van der Waals surface area contributed by atoms with E-state index in [2.05, 4.69) is 55.8 Å². The highest BCUT2D eigenvalue weighted by Crippen LogP contribution is 2.12. The van der Waals surface area contributed by atoms with Crippen LogP contribution in [0.4, 0.5) is 11.8 Å². The minimum absolute atomic E-state index is 0.451. The Hall–Kier alpha value is -2.76. The van der Waals surface area contributed by atoms with Gasteiger partial charge in [-0.05, 0) is 19.4 Å². The van der Waals surface area contributed by atoms with Gasteiger partial charge < -0.3 is 5.32 Å². The van der Waals surface area contributed by atoms with Crippen LogP contribution in [-0.4, -0.2) is 25.4 Å². The van der Waals surface area contributed by atoms with E-state index in [1.165, 1.54) is 11.1 Å². The average molecular weight is 280 g/mol. The highest BCUT2D eigenvalue weighted by atomic mass is 15.3. The first kappa shape index (κ1) is 13.2. The number of rotatable bonds is 4. The molecule has 0 fully saturated rings. The number of aromatic amines is 1. The van der Waals surface area contributed by atoms with Crippen LogP contribution in [0.5, 0.6) is 0 Å². The Morgan fingerprint density at radius 1 is 1.19 bits per heavy atom. The van der Waals surface area contributed by atoms with Crippen LogP contribution in [0, 0.1) is 13.8 Å². The molecular formula is C15H16N6. The molecule has 0 atom stereocenters. The number of aromatic nitrogens is 5. The number of nitrogens with one attached hydrogen (secondary N) is 2.